The highest BCUT2D eigenvalue weighted by Gasteiger charge is 2.29. The van der Waals surface area contributed by atoms with Gasteiger partial charge in [-0.05, 0) is 31.0 Å². The molecule has 18 heavy (non-hydrogen) atoms. The van der Waals surface area contributed by atoms with Gasteiger partial charge in [0, 0.05) is 19.0 Å². The zero-order valence-electron chi connectivity index (χ0n) is 10.3. The maximum Gasteiger partial charge on any atom is 0.261 e. The van der Waals surface area contributed by atoms with E-state index in [2.05, 4.69) is 10.6 Å². The molecule has 0 bridgehead atoms. The van der Waals surface area contributed by atoms with Crippen molar-refractivity contribution in [3.63, 3.8) is 0 Å². The molecule has 2 aliphatic rings. The van der Waals surface area contributed by atoms with Crippen LogP contribution in [0.4, 0.5) is 0 Å². The summed E-state index contributed by atoms with van der Waals surface area (Å²) in [5, 5.41) is 6.34. The fourth-order valence-corrected chi connectivity index (χ4v) is 2.60. The van der Waals surface area contributed by atoms with Crippen molar-refractivity contribution in [3.8, 4) is 5.75 Å². The molecule has 4 nitrogen and oxygen atoms in total. The van der Waals surface area contributed by atoms with Crippen LogP contribution in [0.3, 0.4) is 0 Å². The van der Waals surface area contributed by atoms with E-state index in [0.29, 0.717) is 19.0 Å². The summed E-state index contributed by atoms with van der Waals surface area (Å²) in [5.74, 6) is 0.844. The van der Waals surface area contributed by atoms with E-state index < -0.39 is 0 Å². The van der Waals surface area contributed by atoms with Gasteiger partial charge in [-0.2, -0.15) is 0 Å². The molecule has 2 unspecified atom stereocenters. The highest BCUT2D eigenvalue weighted by molar-refractivity contribution is 5.82. The monoisotopic (exact) mass is 246 g/mol. The largest absolute Gasteiger partial charge is 0.480 e. The van der Waals surface area contributed by atoms with Crippen molar-refractivity contribution in [2.24, 2.45) is 0 Å². The lowest BCUT2D eigenvalue weighted by molar-refractivity contribution is -0.127. The highest BCUT2D eigenvalue weighted by atomic mass is 16.5. The van der Waals surface area contributed by atoms with Gasteiger partial charge in [-0.3, -0.25) is 4.79 Å². The molecule has 0 saturated carbocycles. The molecule has 0 spiro atoms. The van der Waals surface area contributed by atoms with Crippen molar-refractivity contribution in [2.45, 2.75) is 31.4 Å². The Morgan fingerprint density at radius 2 is 2.33 bits per heavy atom. The van der Waals surface area contributed by atoms with Crippen molar-refractivity contribution in [3.05, 3.63) is 29.8 Å². The molecule has 3 rings (SSSR count). The molecule has 2 aliphatic heterocycles. The molecule has 1 fully saturated rings. The molecule has 4 heteroatoms. The molecule has 96 valence electrons. The third-order valence-electron chi connectivity index (χ3n) is 3.62. The van der Waals surface area contributed by atoms with E-state index in [9.17, 15) is 4.79 Å². The van der Waals surface area contributed by atoms with Crippen molar-refractivity contribution in [2.75, 3.05) is 13.1 Å². The number of carbonyl (C=O) groups is 1. The smallest absolute Gasteiger partial charge is 0.261 e. The Morgan fingerprint density at radius 3 is 3.11 bits per heavy atom. The molecule has 1 aromatic carbocycles. The van der Waals surface area contributed by atoms with Crippen molar-refractivity contribution < 1.29 is 9.53 Å². The summed E-state index contributed by atoms with van der Waals surface area (Å²) in [6, 6.07) is 8.27. The average molecular weight is 246 g/mol. The van der Waals surface area contributed by atoms with Gasteiger partial charge in [0.15, 0.2) is 6.10 Å². The predicted molar refractivity (Wildman–Crippen MR) is 68.6 cm³/mol. The Bertz CT molecular complexity index is 416. The van der Waals surface area contributed by atoms with Crippen molar-refractivity contribution >= 4 is 5.91 Å². The predicted octanol–water partition coefficient (Wildman–Crippen LogP) is 0.858. The minimum Gasteiger partial charge on any atom is -0.480 e. The molecule has 0 aromatic heterocycles. The molecule has 0 radical (unpaired) electrons. The van der Waals surface area contributed by atoms with Gasteiger partial charge in [0.25, 0.3) is 5.91 Å². The van der Waals surface area contributed by atoms with E-state index in [1.54, 1.807) is 0 Å². The fraction of sp³-hybridized carbons (Fsp3) is 0.500. The highest BCUT2D eigenvalue weighted by Crippen LogP contribution is 2.28. The van der Waals surface area contributed by atoms with Gasteiger partial charge in [0.2, 0.25) is 0 Å². The van der Waals surface area contributed by atoms with Crippen LogP contribution >= 0.6 is 0 Å². The number of benzene rings is 1. The number of nitrogens with one attached hydrogen (secondary N) is 2. The normalized spacial score (nSPS) is 25.6. The van der Waals surface area contributed by atoms with Crippen LogP contribution in [0, 0.1) is 0 Å². The molecule has 2 atom stereocenters. The van der Waals surface area contributed by atoms with Gasteiger partial charge in [-0.15, -0.1) is 0 Å². The second-order valence-corrected chi connectivity index (χ2v) is 4.96. The zero-order chi connectivity index (χ0) is 12.4. The van der Waals surface area contributed by atoms with E-state index in [-0.39, 0.29) is 12.0 Å². The number of rotatable bonds is 3. The van der Waals surface area contributed by atoms with Crippen LogP contribution in [0.15, 0.2) is 24.3 Å². The quantitative estimate of drug-likeness (QED) is 0.831. The Labute approximate surface area is 107 Å². The summed E-state index contributed by atoms with van der Waals surface area (Å²) in [6.45, 7) is 1.76. The van der Waals surface area contributed by atoms with E-state index >= 15 is 0 Å². The Hall–Kier alpha value is -1.55. The maximum absolute atomic E-state index is 12.0. The molecule has 2 heterocycles. The maximum atomic E-state index is 12.0. The minimum absolute atomic E-state index is 0.0000926. The van der Waals surface area contributed by atoms with Crippen molar-refractivity contribution in [1.29, 1.82) is 0 Å². The molecule has 1 saturated heterocycles. The molecule has 1 aromatic rings. The molecular weight excluding hydrogens is 228 g/mol. The van der Waals surface area contributed by atoms with Crippen LogP contribution in [0.2, 0.25) is 0 Å². The van der Waals surface area contributed by atoms with Crippen LogP contribution in [0.1, 0.15) is 18.4 Å². The van der Waals surface area contributed by atoms with Crippen LogP contribution < -0.4 is 15.4 Å². The van der Waals surface area contributed by atoms with E-state index in [4.69, 9.17) is 4.74 Å². The number of ether oxygens (including phenoxy) is 1. The topological polar surface area (TPSA) is 50.4 Å². The SMILES string of the molecule is O=C(NCC1CCCN1)C1Cc2ccccc2O1. The number of amides is 1. The van der Waals surface area contributed by atoms with E-state index in [1.165, 1.54) is 6.42 Å². The summed E-state index contributed by atoms with van der Waals surface area (Å²) < 4.78 is 5.65. The van der Waals surface area contributed by atoms with Gasteiger partial charge >= 0.3 is 0 Å². The van der Waals surface area contributed by atoms with E-state index in [1.807, 2.05) is 24.3 Å². The molecule has 1 amide bonds. The number of para-hydroxylation sites is 1. The first-order chi connectivity index (χ1) is 8.83. The van der Waals surface area contributed by atoms with Crippen LogP contribution in [-0.2, 0) is 11.2 Å². The van der Waals surface area contributed by atoms with Crippen LogP contribution in [0.5, 0.6) is 5.75 Å². The van der Waals surface area contributed by atoms with Crippen LogP contribution in [-0.4, -0.2) is 31.1 Å². The number of hydrogen-bond donors (Lipinski definition) is 2. The van der Waals surface area contributed by atoms with Gasteiger partial charge in [0.05, 0.1) is 0 Å². The summed E-state index contributed by atoms with van der Waals surface area (Å²) in [7, 11) is 0. The first kappa shape index (κ1) is 11.5. The molecular formula is C14H18N2O2. The third kappa shape index (κ3) is 2.34. The summed E-state index contributed by atoms with van der Waals surface area (Å²) >= 11 is 0. The van der Waals surface area contributed by atoms with E-state index in [0.717, 1.165) is 24.3 Å². The Morgan fingerprint density at radius 1 is 1.44 bits per heavy atom. The van der Waals surface area contributed by atoms with Crippen molar-refractivity contribution in [1.82, 2.24) is 10.6 Å². The van der Waals surface area contributed by atoms with Gasteiger partial charge in [-0.25, -0.2) is 0 Å². The lowest BCUT2D eigenvalue weighted by Gasteiger charge is -2.14. The van der Waals surface area contributed by atoms with Gasteiger partial charge in [0.1, 0.15) is 5.75 Å². The summed E-state index contributed by atoms with van der Waals surface area (Å²) in [4.78, 5) is 12.0. The zero-order valence-corrected chi connectivity index (χ0v) is 10.3. The first-order valence-electron chi connectivity index (χ1n) is 6.58. The van der Waals surface area contributed by atoms with Gasteiger partial charge in [-0.1, -0.05) is 18.2 Å². The number of fused-ring (bicyclic) bond motifs is 1. The molecule has 0 aliphatic carbocycles. The van der Waals surface area contributed by atoms with Crippen LogP contribution in [0.25, 0.3) is 0 Å². The number of carbonyl (C=O) groups excluding carboxylic acids is 1. The summed E-state index contributed by atoms with van der Waals surface area (Å²) in [6.07, 6.45) is 2.67. The lowest BCUT2D eigenvalue weighted by Crippen LogP contribution is -2.43. The fourth-order valence-electron chi connectivity index (χ4n) is 2.60. The number of hydrogen-bond acceptors (Lipinski definition) is 3. The molecule has 2 N–H and O–H groups in total. The third-order valence-corrected chi connectivity index (χ3v) is 3.62. The minimum atomic E-state index is -0.358. The standard InChI is InChI=1S/C14H18N2O2/c17-14(16-9-11-5-3-7-15-11)13-8-10-4-1-2-6-12(10)18-13/h1-2,4,6,11,13,15H,3,5,7-9H2,(H,16,17). The average Bonchev–Trinajstić information content (AvgIpc) is 3.04. The second kappa shape index (κ2) is 4.98. The lowest BCUT2D eigenvalue weighted by atomic mass is 10.1. The second-order valence-electron chi connectivity index (χ2n) is 4.96. The Kier molecular flexibility index (Phi) is 3.19. The first-order valence-corrected chi connectivity index (χ1v) is 6.58. The van der Waals surface area contributed by atoms with Gasteiger partial charge < -0.3 is 15.4 Å². The Balaban J connectivity index is 1.52. The summed E-state index contributed by atoms with van der Waals surface area (Å²) in [5.41, 5.74) is 1.12.